The molecule has 0 aliphatic heterocycles. The number of hydrogen-bond donors (Lipinski definition) is 2. The van der Waals surface area contributed by atoms with Gasteiger partial charge in [-0.3, -0.25) is 0 Å². The minimum atomic E-state index is -0.207. The first-order valence-electron chi connectivity index (χ1n) is 6.23. The van der Waals surface area contributed by atoms with E-state index in [2.05, 4.69) is 17.4 Å². The van der Waals surface area contributed by atoms with Crippen LogP contribution in [0.25, 0.3) is 0 Å². The molecule has 3 nitrogen and oxygen atoms in total. The number of methoxy groups -OCH3 is 1. The molecule has 0 saturated carbocycles. The van der Waals surface area contributed by atoms with Crippen molar-refractivity contribution in [2.75, 3.05) is 20.3 Å². The fourth-order valence-corrected chi connectivity index (χ4v) is 1.75. The molecule has 0 radical (unpaired) electrons. The highest BCUT2D eigenvalue weighted by atomic mass is 16.5. The third-order valence-corrected chi connectivity index (χ3v) is 2.87. The van der Waals surface area contributed by atoms with Gasteiger partial charge in [0, 0.05) is 7.11 Å². The summed E-state index contributed by atoms with van der Waals surface area (Å²) in [5.74, 6) is 0. The molecule has 0 aliphatic carbocycles. The number of benzene rings is 1. The van der Waals surface area contributed by atoms with Crippen LogP contribution in [0.5, 0.6) is 0 Å². The van der Waals surface area contributed by atoms with E-state index in [1.165, 1.54) is 5.56 Å². The predicted molar refractivity (Wildman–Crippen MR) is 70.0 cm³/mol. The molecule has 0 aromatic heterocycles. The second kappa shape index (κ2) is 8.23. The van der Waals surface area contributed by atoms with Crippen LogP contribution in [0.3, 0.4) is 0 Å². The Morgan fingerprint density at radius 2 is 2.00 bits per heavy atom. The molecule has 2 atom stereocenters. The molecule has 2 N–H and O–H groups in total. The van der Waals surface area contributed by atoms with Gasteiger partial charge in [0.2, 0.25) is 0 Å². The van der Waals surface area contributed by atoms with Crippen molar-refractivity contribution in [2.24, 2.45) is 0 Å². The monoisotopic (exact) mass is 237 g/mol. The molecule has 0 spiro atoms. The number of hydrogen-bond acceptors (Lipinski definition) is 3. The van der Waals surface area contributed by atoms with Crippen molar-refractivity contribution in [3.63, 3.8) is 0 Å². The van der Waals surface area contributed by atoms with Crippen LogP contribution in [0.1, 0.15) is 31.4 Å². The summed E-state index contributed by atoms with van der Waals surface area (Å²) in [7, 11) is 1.71. The maximum atomic E-state index is 9.50. The standard InChI is InChI=1S/C14H23NO2/c1-3-13(16)9-10-15-14(11-17-2)12-7-5-4-6-8-12/h4-8,13-16H,3,9-11H2,1-2H3. The largest absolute Gasteiger partial charge is 0.393 e. The zero-order chi connectivity index (χ0) is 12.5. The van der Waals surface area contributed by atoms with Gasteiger partial charge in [-0.2, -0.15) is 0 Å². The lowest BCUT2D eigenvalue weighted by Crippen LogP contribution is -2.28. The fourth-order valence-electron chi connectivity index (χ4n) is 1.75. The molecule has 0 bridgehead atoms. The average molecular weight is 237 g/mol. The molecule has 0 aliphatic rings. The van der Waals surface area contributed by atoms with Crippen molar-refractivity contribution in [1.29, 1.82) is 0 Å². The van der Waals surface area contributed by atoms with Gasteiger partial charge in [-0.15, -0.1) is 0 Å². The Morgan fingerprint density at radius 1 is 1.29 bits per heavy atom. The first-order valence-corrected chi connectivity index (χ1v) is 6.23. The predicted octanol–water partition coefficient (Wildman–Crippen LogP) is 2.12. The Balaban J connectivity index is 2.44. The summed E-state index contributed by atoms with van der Waals surface area (Å²) in [6.45, 7) is 3.44. The Morgan fingerprint density at radius 3 is 2.59 bits per heavy atom. The molecule has 0 saturated heterocycles. The molecule has 2 unspecified atom stereocenters. The number of aliphatic hydroxyl groups is 1. The second-order valence-corrected chi connectivity index (χ2v) is 4.22. The van der Waals surface area contributed by atoms with Crippen molar-refractivity contribution < 1.29 is 9.84 Å². The highest BCUT2D eigenvalue weighted by Crippen LogP contribution is 2.12. The SMILES string of the molecule is CCC(O)CCNC(COC)c1ccccc1. The van der Waals surface area contributed by atoms with E-state index in [9.17, 15) is 5.11 Å². The number of ether oxygens (including phenoxy) is 1. The average Bonchev–Trinajstić information content (AvgIpc) is 2.38. The van der Waals surface area contributed by atoms with E-state index in [1.54, 1.807) is 7.11 Å². The minimum absolute atomic E-state index is 0.199. The highest BCUT2D eigenvalue weighted by Gasteiger charge is 2.10. The summed E-state index contributed by atoms with van der Waals surface area (Å²) in [4.78, 5) is 0. The van der Waals surface area contributed by atoms with Crippen LogP contribution < -0.4 is 5.32 Å². The van der Waals surface area contributed by atoms with Gasteiger partial charge in [0.05, 0.1) is 18.8 Å². The lowest BCUT2D eigenvalue weighted by atomic mass is 10.1. The van der Waals surface area contributed by atoms with Crippen LogP contribution in [0.15, 0.2) is 30.3 Å². The summed E-state index contributed by atoms with van der Waals surface area (Å²) in [6, 6.07) is 10.4. The van der Waals surface area contributed by atoms with Crippen LogP contribution in [-0.4, -0.2) is 31.5 Å². The smallest absolute Gasteiger partial charge is 0.0657 e. The second-order valence-electron chi connectivity index (χ2n) is 4.22. The Hall–Kier alpha value is -0.900. The molecule has 17 heavy (non-hydrogen) atoms. The van der Waals surface area contributed by atoms with Crippen molar-refractivity contribution in [3.8, 4) is 0 Å². The maximum absolute atomic E-state index is 9.50. The summed E-state index contributed by atoms with van der Waals surface area (Å²) in [6.07, 6.45) is 1.38. The van der Waals surface area contributed by atoms with E-state index in [4.69, 9.17) is 4.74 Å². The van der Waals surface area contributed by atoms with E-state index < -0.39 is 0 Å². The molecule has 1 rings (SSSR count). The number of rotatable bonds is 8. The molecular formula is C14H23NO2. The topological polar surface area (TPSA) is 41.5 Å². The van der Waals surface area contributed by atoms with Gasteiger partial charge in [-0.05, 0) is 24.9 Å². The third kappa shape index (κ3) is 5.31. The van der Waals surface area contributed by atoms with Crippen LogP contribution in [0.2, 0.25) is 0 Å². The maximum Gasteiger partial charge on any atom is 0.0657 e. The molecule has 96 valence electrons. The first kappa shape index (κ1) is 14.2. The van der Waals surface area contributed by atoms with Gasteiger partial charge in [-0.25, -0.2) is 0 Å². The minimum Gasteiger partial charge on any atom is -0.393 e. The van der Waals surface area contributed by atoms with Gasteiger partial charge < -0.3 is 15.2 Å². The van der Waals surface area contributed by atoms with Gasteiger partial charge in [0.25, 0.3) is 0 Å². The normalized spacial score (nSPS) is 14.5. The molecule has 1 aromatic rings. The van der Waals surface area contributed by atoms with E-state index in [0.717, 1.165) is 19.4 Å². The van der Waals surface area contributed by atoms with E-state index in [-0.39, 0.29) is 12.1 Å². The lowest BCUT2D eigenvalue weighted by molar-refractivity contribution is 0.145. The number of aliphatic hydroxyl groups excluding tert-OH is 1. The zero-order valence-electron chi connectivity index (χ0n) is 10.7. The van der Waals surface area contributed by atoms with Crippen molar-refractivity contribution in [2.45, 2.75) is 31.9 Å². The van der Waals surface area contributed by atoms with Crippen molar-refractivity contribution >= 4 is 0 Å². The van der Waals surface area contributed by atoms with Crippen molar-refractivity contribution in [1.82, 2.24) is 5.32 Å². The fraction of sp³-hybridized carbons (Fsp3) is 0.571. The summed E-state index contributed by atoms with van der Waals surface area (Å²) >= 11 is 0. The zero-order valence-corrected chi connectivity index (χ0v) is 10.7. The summed E-state index contributed by atoms with van der Waals surface area (Å²) in [5.41, 5.74) is 1.22. The Kier molecular flexibility index (Phi) is 6.86. The Labute approximate surface area is 104 Å². The van der Waals surface area contributed by atoms with E-state index >= 15 is 0 Å². The quantitative estimate of drug-likeness (QED) is 0.727. The van der Waals surface area contributed by atoms with E-state index in [1.807, 2.05) is 25.1 Å². The van der Waals surface area contributed by atoms with Gasteiger partial charge in [0.15, 0.2) is 0 Å². The molecule has 1 aromatic carbocycles. The molecule has 3 heteroatoms. The Bertz CT molecular complexity index is 290. The van der Waals surface area contributed by atoms with Crippen LogP contribution >= 0.6 is 0 Å². The van der Waals surface area contributed by atoms with Crippen LogP contribution in [-0.2, 0) is 4.74 Å². The summed E-state index contributed by atoms with van der Waals surface area (Å²) in [5, 5.41) is 12.9. The molecule has 0 fully saturated rings. The van der Waals surface area contributed by atoms with Gasteiger partial charge >= 0.3 is 0 Å². The van der Waals surface area contributed by atoms with Gasteiger partial charge in [-0.1, -0.05) is 37.3 Å². The van der Waals surface area contributed by atoms with Crippen molar-refractivity contribution in [3.05, 3.63) is 35.9 Å². The molecular weight excluding hydrogens is 214 g/mol. The van der Waals surface area contributed by atoms with E-state index in [0.29, 0.717) is 6.61 Å². The first-order chi connectivity index (χ1) is 8.27. The van der Waals surface area contributed by atoms with Crippen LogP contribution in [0.4, 0.5) is 0 Å². The molecule has 0 heterocycles. The lowest BCUT2D eigenvalue weighted by Gasteiger charge is -2.19. The summed E-state index contributed by atoms with van der Waals surface area (Å²) < 4.78 is 5.22. The molecule has 0 amide bonds. The third-order valence-electron chi connectivity index (χ3n) is 2.87. The highest BCUT2D eigenvalue weighted by molar-refractivity contribution is 5.18. The van der Waals surface area contributed by atoms with Crippen LogP contribution in [0, 0.1) is 0 Å². The number of nitrogens with one attached hydrogen (secondary N) is 1. The van der Waals surface area contributed by atoms with Gasteiger partial charge in [0.1, 0.15) is 0 Å².